The molecule has 0 spiro atoms. The highest BCUT2D eigenvalue weighted by Gasteiger charge is 2.29. The number of hydrogen-bond donors (Lipinski definition) is 1. The molecule has 0 aromatic heterocycles. The largest absolute Gasteiger partial charge is 0.341 e. The summed E-state index contributed by atoms with van der Waals surface area (Å²) in [5, 5.41) is 2.86. The number of fused-ring (bicyclic) bond motifs is 1. The predicted octanol–water partition coefficient (Wildman–Crippen LogP) is 3.39. The molecule has 0 unspecified atom stereocenters. The van der Waals surface area contributed by atoms with Crippen molar-refractivity contribution in [3.8, 4) is 0 Å². The first kappa shape index (κ1) is 14.9. The van der Waals surface area contributed by atoms with Crippen LogP contribution in [0.5, 0.6) is 0 Å². The molecule has 2 aromatic carbocycles. The minimum absolute atomic E-state index is 0.00143. The van der Waals surface area contributed by atoms with E-state index in [1.807, 2.05) is 50.2 Å². The molecule has 1 aliphatic heterocycles. The van der Waals surface area contributed by atoms with Crippen LogP contribution in [-0.4, -0.2) is 23.5 Å². The van der Waals surface area contributed by atoms with E-state index in [0.29, 0.717) is 16.9 Å². The fourth-order valence-electron chi connectivity index (χ4n) is 2.53. The molecular formula is C18H17NO2S. The van der Waals surface area contributed by atoms with Crippen LogP contribution in [0.1, 0.15) is 31.8 Å². The normalized spacial score (nSPS) is 17.0. The van der Waals surface area contributed by atoms with Crippen LogP contribution in [0.15, 0.2) is 47.4 Å². The zero-order valence-corrected chi connectivity index (χ0v) is 13.4. The van der Waals surface area contributed by atoms with Gasteiger partial charge in [-0.2, -0.15) is 0 Å². The third-order valence-electron chi connectivity index (χ3n) is 3.71. The molecule has 1 atom stereocenters. The molecule has 0 saturated carbocycles. The van der Waals surface area contributed by atoms with Crippen LogP contribution in [0.4, 0.5) is 0 Å². The number of Topliss-reactive ketones (excluding diaryl/α,β-unsaturated/α-hetero) is 1. The number of aryl methyl sites for hydroxylation is 2. The molecule has 0 bridgehead atoms. The van der Waals surface area contributed by atoms with Gasteiger partial charge in [-0.25, -0.2) is 0 Å². The summed E-state index contributed by atoms with van der Waals surface area (Å²) in [6, 6.07) is 12.8. The molecule has 2 aromatic rings. The first-order valence-corrected chi connectivity index (χ1v) is 8.18. The zero-order chi connectivity index (χ0) is 15.7. The molecule has 0 saturated heterocycles. The van der Waals surface area contributed by atoms with E-state index in [1.165, 1.54) is 0 Å². The van der Waals surface area contributed by atoms with Crippen LogP contribution in [0, 0.1) is 13.8 Å². The van der Waals surface area contributed by atoms with Gasteiger partial charge in [-0.15, -0.1) is 11.8 Å². The van der Waals surface area contributed by atoms with Gasteiger partial charge in [0.05, 0.1) is 0 Å². The highest BCUT2D eigenvalue weighted by Crippen LogP contribution is 2.30. The molecule has 1 aliphatic rings. The van der Waals surface area contributed by atoms with Crippen molar-refractivity contribution in [2.75, 3.05) is 5.75 Å². The number of ketones is 1. The van der Waals surface area contributed by atoms with E-state index in [0.717, 1.165) is 16.0 Å². The smallest absolute Gasteiger partial charge is 0.251 e. The van der Waals surface area contributed by atoms with Crippen molar-refractivity contribution in [1.29, 1.82) is 0 Å². The molecule has 1 heterocycles. The fourth-order valence-corrected chi connectivity index (χ4v) is 3.59. The van der Waals surface area contributed by atoms with Gasteiger partial charge in [0.15, 0.2) is 5.78 Å². The maximum absolute atomic E-state index is 12.6. The van der Waals surface area contributed by atoms with Gasteiger partial charge in [0.2, 0.25) is 0 Å². The zero-order valence-electron chi connectivity index (χ0n) is 12.6. The first-order chi connectivity index (χ1) is 10.5. The molecule has 22 heavy (non-hydrogen) atoms. The summed E-state index contributed by atoms with van der Waals surface area (Å²) in [4.78, 5) is 25.9. The average Bonchev–Trinajstić information content (AvgIpc) is 2.50. The molecule has 1 N–H and O–H groups in total. The second-order valence-electron chi connectivity index (χ2n) is 5.57. The fraction of sp³-hybridized carbons (Fsp3) is 0.222. The molecule has 0 aliphatic carbocycles. The Morgan fingerprint density at radius 3 is 2.68 bits per heavy atom. The van der Waals surface area contributed by atoms with Gasteiger partial charge in [-0.3, -0.25) is 9.59 Å². The number of thioether (sulfide) groups is 1. The molecular weight excluding hydrogens is 294 g/mol. The molecule has 112 valence electrons. The van der Waals surface area contributed by atoms with Gasteiger partial charge in [0, 0.05) is 21.8 Å². The number of amides is 1. The van der Waals surface area contributed by atoms with Crippen molar-refractivity contribution in [2.24, 2.45) is 0 Å². The number of carbonyl (C=O) groups is 2. The van der Waals surface area contributed by atoms with E-state index >= 15 is 0 Å². The monoisotopic (exact) mass is 311 g/mol. The standard InChI is InChI=1S/C18H17NO2S/c1-11-4-3-5-13(8-11)18(21)19-15-10-22-16-7-6-12(2)9-14(16)17(15)20/h3-9,15H,10H2,1-2H3,(H,19,21)/t15-/m1/s1. The number of hydrogen-bond acceptors (Lipinski definition) is 3. The van der Waals surface area contributed by atoms with E-state index < -0.39 is 6.04 Å². The Morgan fingerprint density at radius 1 is 1.14 bits per heavy atom. The lowest BCUT2D eigenvalue weighted by Crippen LogP contribution is -2.44. The third kappa shape index (κ3) is 2.92. The summed E-state index contributed by atoms with van der Waals surface area (Å²) in [5.41, 5.74) is 3.38. The lowest BCUT2D eigenvalue weighted by Gasteiger charge is -2.24. The molecule has 3 rings (SSSR count). The van der Waals surface area contributed by atoms with Gasteiger partial charge < -0.3 is 5.32 Å². The number of carbonyl (C=O) groups excluding carboxylic acids is 2. The summed E-state index contributed by atoms with van der Waals surface area (Å²) < 4.78 is 0. The first-order valence-electron chi connectivity index (χ1n) is 7.20. The molecule has 0 fully saturated rings. The number of rotatable bonds is 2. The quantitative estimate of drug-likeness (QED) is 0.924. The summed E-state index contributed by atoms with van der Waals surface area (Å²) in [5.74, 6) is 0.379. The van der Waals surface area contributed by atoms with Crippen LogP contribution in [-0.2, 0) is 0 Å². The van der Waals surface area contributed by atoms with Crippen molar-refractivity contribution in [3.63, 3.8) is 0 Å². The number of nitrogens with one attached hydrogen (secondary N) is 1. The SMILES string of the molecule is Cc1cccc(C(=O)N[C@@H]2CSc3ccc(C)cc3C2=O)c1. The summed E-state index contributed by atoms with van der Waals surface area (Å²) in [6.45, 7) is 3.91. The van der Waals surface area contributed by atoms with Crippen LogP contribution >= 0.6 is 11.8 Å². The van der Waals surface area contributed by atoms with Gasteiger partial charge in [-0.1, -0.05) is 29.3 Å². The van der Waals surface area contributed by atoms with Crippen molar-refractivity contribution in [2.45, 2.75) is 24.8 Å². The molecule has 3 nitrogen and oxygen atoms in total. The van der Waals surface area contributed by atoms with Gasteiger partial charge in [0.1, 0.15) is 6.04 Å². The Labute approximate surface area is 134 Å². The van der Waals surface area contributed by atoms with Crippen LogP contribution < -0.4 is 5.32 Å². The Morgan fingerprint density at radius 2 is 1.91 bits per heavy atom. The van der Waals surface area contributed by atoms with Crippen molar-refractivity contribution >= 4 is 23.5 Å². The Hall–Kier alpha value is -2.07. The van der Waals surface area contributed by atoms with Crippen LogP contribution in [0.25, 0.3) is 0 Å². The van der Waals surface area contributed by atoms with Gasteiger partial charge >= 0.3 is 0 Å². The molecule has 1 amide bonds. The Balaban J connectivity index is 1.79. The summed E-state index contributed by atoms with van der Waals surface area (Å²) in [6.07, 6.45) is 0. The average molecular weight is 311 g/mol. The van der Waals surface area contributed by atoms with Crippen molar-refractivity contribution in [1.82, 2.24) is 5.32 Å². The second kappa shape index (κ2) is 5.97. The highest BCUT2D eigenvalue weighted by molar-refractivity contribution is 7.99. The van der Waals surface area contributed by atoms with Crippen molar-refractivity contribution in [3.05, 3.63) is 64.7 Å². The van der Waals surface area contributed by atoms with E-state index in [-0.39, 0.29) is 11.7 Å². The second-order valence-corrected chi connectivity index (χ2v) is 6.63. The Bertz CT molecular complexity index is 755. The van der Waals surface area contributed by atoms with Gasteiger partial charge in [0.25, 0.3) is 5.91 Å². The lowest BCUT2D eigenvalue weighted by atomic mass is 10.0. The maximum Gasteiger partial charge on any atom is 0.251 e. The number of benzene rings is 2. The van der Waals surface area contributed by atoms with Crippen LogP contribution in [0.3, 0.4) is 0 Å². The third-order valence-corrected chi connectivity index (χ3v) is 4.88. The maximum atomic E-state index is 12.6. The van der Waals surface area contributed by atoms with E-state index in [9.17, 15) is 9.59 Å². The minimum atomic E-state index is -0.465. The van der Waals surface area contributed by atoms with E-state index in [2.05, 4.69) is 5.32 Å². The summed E-state index contributed by atoms with van der Waals surface area (Å²) in [7, 11) is 0. The predicted molar refractivity (Wildman–Crippen MR) is 88.7 cm³/mol. The van der Waals surface area contributed by atoms with Gasteiger partial charge in [-0.05, 0) is 38.1 Å². The highest BCUT2D eigenvalue weighted by atomic mass is 32.2. The molecule has 0 radical (unpaired) electrons. The van der Waals surface area contributed by atoms with E-state index in [4.69, 9.17) is 0 Å². The minimum Gasteiger partial charge on any atom is -0.341 e. The van der Waals surface area contributed by atoms with E-state index in [1.54, 1.807) is 17.8 Å². The molecule has 4 heteroatoms. The van der Waals surface area contributed by atoms with Crippen molar-refractivity contribution < 1.29 is 9.59 Å². The summed E-state index contributed by atoms with van der Waals surface area (Å²) >= 11 is 1.61. The Kier molecular flexibility index (Phi) is 4.03. The lowest BCUT2D eigenvalue weighted by molar-refractivity contribution is 0.0864. The van der Waals surface area contributed by atoms with Crippen LogP contribution in [0.2, 0.25) is 0 Å². The topological polar surface area (TPSA) is 46.2 Å².